The molecule has 1 aliphatic heterocycles. The zero-order chi connectivity index (χ0) is 33.5. The third-order valence-electron chi connectivity index (χ3n) is 10.2. The predicted octanol–water partition coefficient (Wildman–Crippen LogP) is 11.9. The van der Waals surface area contributed by atoms with E-state index in [-0.39, 0.29) is 12.3 Å². The summed E-state index contributed by atoms with van der Waals surface area (Å²) in [6, 6.07) is 53.1. The molecule has 11 rings (SSSR count). The van der Waals surface area contributed by atoms with Crippen LogP contribution in [-0.2, 0) is 0 Å². The summed E-state index contributed by atoms with van der Waals surface area (Å²) >= 11 is 1.83. The zero-order valence-electron chi connectivity index (χ0n) is 27.3. The van der Waals surface area contributed by atoms with E-state index in [9.17, 15) is 0 Å². The third-order valence-corrected chi connectivity index (χ3v) is 11.4. The van der Waals surface area contributed by atoms with Gasteiger partial charge >= 0.3 is 0 Å². The lowest BCUT2D eigenvalue weighted by Crippen LogP contribution is -2.44. The lowest BCUT2D eigenvalue weighted by atomic mass is 10.0. The van der Waals surface area contributed by atoms with Gasteiger partial charge in [-0.05, 0) is 53.6 Å². The maximum atomic E-state index is 6.48. The molecule has 0 aliphatic carbocycles. The lowest BCUT2D eigenvalue weighted by molar-refractivity contribution is 0.411. The largest absolute Gasteiger partial charge is 0.456 e. The molecule has 5 nitrogen and oxygen atoms in total. The predicted molar refractivity (Wildman–Crippen MR) is 210 cm³/mol. The van der Waals surface area contributed by atoms with Gasteiger partial charge in [0.2, 0.25) is 0 Å². The molecule has 0 radical (unpaired) electrons. The number of nitrogens with zero attached hydrogens (tertiary/aromatic N) is 1. The number of para-hydroxylation sites is 2. The Labute approximate surface area is 296 Å². The summed E-state index contributed by atoms with van der Waals surface area (Å²) in [6.07, 6.45) is -0.378. The van der Waals surface area contributed by atoms with Crippen LogP contribution in [0.5, 0.6) is 0 Å². The number of benzene rings is 7. The maximum Gasteiger partial charge on any atom is 0.143 e. The Morgan fingerprint density at radius 3 is 2.22 bits per heavy atom. The monoisotopic (exact) mass is 675 g/mol. The Balaban J connectivity index is 1.03. The van der Waals surface area contributed by atoms with Gasteiger partial charge in [-0.1, -0.05) is 109 Å². The fourth-order valence-electron chi connectivity index (χ4n) is 7.73. The molecule has 51 heavy (non-hydrogen) atoms. The second-order valence-electron chi connectivity index (χ2n) is 13.2. The van der Waals surface area contributed by atoms with Gasteiger partial charge in [0, 0.05) is 58.4 Å². The van der Waals surface area contributed by atoms with Gasteiger partial charge in [0.15, 0.2) is 0 Å². The summed E-state index contributed by atoms with van der Waals surface area (Å²) in [6.45, 7) is 0. The van der Waals surface area contributed by atoms with Crippen molar-refractivity contribution in [1.82, 2.24) is 10.6 Å². The van der Waals surface area contributed by atoms with Crippen LogP contribution >= 0.6 is 11.3 Å². The SMILES string of the molecule is c1ccc(C2NC(c3ccc4oc5cc(-c6cccc7c6oc6ccccc67)ccc5c4c3)=NC(c3cccc4c3sc3ccccc34)N2)cc1. The van der Waals surface area contributed by atoms with Crippen molar-refractivity contribution >= 4 is 81.2 Å². The van der Waals surface area contributed by atoms with E-state index in [0.29, 0.717) is 0 Å². The standard InChI is InChI=1S/C45H29N3O2S/c1-2-10-26(11-3-1)43-46-44(48-45(47-43)35-17-9-16-34-32-13-5-7-19-40(32)51-42(34)35)28-21-23-38-36(24-28)31-22-20-27(25-39(31)49-38)29-14-8-15-33-30-12-4-6-18-37(30)50-41(29)33/h1-25,43,45,47H,(H,46,48). The van der Waals surface area contributed by atoms with Gasteiger partial charge < -0.3 is 14.2 Å². The molecule has 2 unspecified atom stereocenters. The topological polar surface area (TPSA) is 62.7 Å². The molecule has 3 aromatic heterocycles. The Morgan fingerprint density at radius 2 is 1.27 bits per heavy atom. The number of hydrogen-bond donors (Lipinski definition) is 2. The highest BCUT2D eigenvalue weighted by Crippen LogP contribution is 2.41. The number of hydrogen-bond acceptors (Lipinski definition) is 6. The van der Waals surface area contributed by atoms with E-state index in [4.69, 9.17) is 13.8 Å². The Morgan fingerprint density at radius 1 is 0.529 bits per heavy atom. The van der Waals surface area contributed by atoms with Crippen molar-refractivity contribution in [3.63, 3.8) is 0 Å². The van der Waals surface area contributed by atoms with Crippen LogP contribution in [0.1, 0.15) is 29.0 Å². The summed E-state index contributed by atoms with van der Waals surface area (Å²) in [5.74, 6) is 0.843. The fourth-order valence-corrected chi connectivity index (χ4v) is 8.97. The summed E-state index contributed by atoms with van der Waals surface area (Å²) < 4.78 is 15.4. The Bertz CT molecular complexity index is 3010. The molecule has 1 aliphatic rings. The molecular weight excluding hydrogens is 647 g/mol. The Hall–Kier alpha value is -6.21. The normalized spacial score (nSPS) is 16.4. The molecule has 0 bridgehead atoms. The van der Waals surface area contributed by atoms with Crippen molar-refractivity contribution in [3.8, 4) is 11.1 Å². The van der Waals surface area contributed by atoms with Gasteiger partial charge in [-0.3, -0.25) is 5.32 Å². The minimum absolute atomic E-state index is 0.131. The molecule has 0 saturated heterocycles. The lowest BCUT2D eigenvalue weighted by Gasteiger charge is -2.32. The summed E-state index contributed by atoms with van der Waals surface area (Å²) in [5.41, 5.74) is 8.90. The molecule has 7 aromatic carbocycles. The van der Waals surface area contributed by atoms with Crippen molar-refractivity contribution in [1.29, 1.82) is 0 Å². The first-order valence-electron chi connectivity index (χ1n) is 17.2. The van der Waals surface area contributed by atoms with E-state index in [2.05, 4.69) is 150 Å². The molecule has 0 saturated carbocycles. The first kappa shape index (κ1) is 28.6. The van der Waals surface area contributed by atoms with E-state index in [1.807, 2.05) is 23.5 Å². The molecular formula is C45H29N3O2S. The van der Waals surface area contributed by atoms with Crippen LogP contribution < -0.4 is 10.6 Å². The first-order chi connectivity index (χ1) is 25.2. The second-order valence-corrected chi connectivity index (χ2v) is 14.2. The third kappa shape index (κ3) is 4.54. The number of thiophene rings is 1. The first-order valence-corrected chi connectivity index (χ1v) is 18.0. The molecule has 4 heterocycles. The van der Waals surface area contributed by atoms with Crippen molar-refractivity contribution in [3.05, 3.63) is 168 Å². The van der Waals surface area contributed by atoms with E-state index in [1.165, 1.54) is 25.7 Å². The number of rotatable bonds is 4. The van der Waals surface area contributed by atoms with E-state index < -0.39 is 0 Å². The smallest absolute Gasteiger partial charge is 0.143 e. The van der Waals surface area contributed by atoms with Crippen LogP contribution in [0.3, 0.4) is 0 Å². The van der Waals surface area contributed by atoms with Crippen LogP contribution in [0, 0.1) is 0 Å². The number of fused-ring (bicyclic) bond motifs is 9. The number of amidine groups is 1. The van der Waals surface area contributed by atoms with Crippen LogP contribution in [-0.4, -0.2) is 5.84 Å². The highest BCUT2D eigenvalue weighted by Gasteiger charge is 2.27. The Kier molecular flexibility index (Phi) is 6.26. The van der Waals surface area contributed by atoms with Crippen molar-refractivity contribution in [2.24, 2.45) is 4.99 Å². The van der Waals surface area contributed by atoms with Crippen molar-refractivity contribution < 1.29 is 8.83 Å². The molecule has 2 N–H and O–H groups in total. The molecule has 2 atom stereocenters. The van der Waals surface area contributed by atoms with E-state index in [0.717, 1.165) is 72.0 Å². The quantitative estimate of drug-likeness (QED) is 0.195. The molecule has 0 spiro atoms. The van der Waals surface area contributed by atoms with Gasteiger partial charge in [0.05, 0.1) is 0 Å². The highest BCUT2D eigenvalue weighted by atomic mass is 32.1. The minimum Gasteiger partial charge on any atom is -0.456 e. The summed E-state index contributed by atoms with van der Waals surface area (Å²) in [5, 5.41) is 14.4. The van der Waals surface area contributed by atoms with Crippen molar-refractivity contribution in [2.75, 3.05) is 0 Å². The molecule has 0 fully saturated rings. The van der Waals surface area contributed by atoms with Crippen LogP contribution in [0.4, 0.5) is 0 Å². The summed E-state index contributed by atoms with van der Waals surface area (Å²) in [7, 11) is 0. The van der Waals surface area contributed by atoms with Gasteiger partial charge in [0.1, 0.15) is 40.5 Å². The molecule has 6 heteroatoms. The molecule has 242 valence electrons. The van der Waals surface area contributed by atoms with Crippen LogP contribution in [0.25, 0.3) is 75.2 Å². The molecule has 0 amide bonds. The second kappa shape index (κ2) is 11.2. The average Bonchev–Trinajstić information content (AvgIpc) is 3.88. The van der Waals surface area contributed by atoms with Gasteiger partial charge in [0.25, 0.3) is 0 Å². The number of furan rings is 2. The van der Waals surface area contributed by atoms with Crippen molar-refractivity contribution in [2.45, 2.75) is 12.3 Å². The summed E-state index contributed by atoms with van der Waals surface area (Å²) in [4.78, 5) is 5.35. The van der Waals surface area contributed by atoms with Gasteiger partial charge in [-0.15, -0.1) is 11.3 Å². The number of nitrogens with one attached hydrogen (secondary N) is 2. The number of aliphatic imine (C=N–C) groups is 1. The zero-order valence-corrected chi connectivity index (χ0v) is 28.1. The molecule has 10 aromatic rings. The van der Waals surface area contributed by atoms with Gasteiger partial charge in [-0.25, -0.2) is 4.99 Å². The van der Waals surface area contributed by atoms with Crippen LogP contribution in [0.15, 0.2) is 165 Å². The van der Waals surface area contributed by atoms with Crippen LogP contribution in [0.2, 0.25) is 0 Å². The average molecular weight is 676 g/mol. The van der Waals surface area contributed by atoms with E-state index >= 15 is 0 Å². The fraction of sp³-hybridized carbons (Fsp3) is 0.0444. The minimum atomic E-state index is -0.247. The van der Waals surface area contributed by atoms with E-state index in [1.54, 1.807) is 0 Å². The highest BCUT2D eigenvalue weighted by molar-refractivity contribution is 7.26. The van der Waals surface area contributed by atoms with Gasteiger partial charge in [-0.2, -0.15) is 0 Å². The maximum absolute atomic E-state index is 6.48.